The minimum Gasteiger partial charge on any atom is -0.480 e. The number of rotatable bonds is 4. The number of ether oxygens (including phenoxy) is 1. The molecule has 0 spiro atoms. The van der Waals surface area contributed by atoms with E-state index in [1.807, 2.05) is 6.92 Å². The maximum Gasteiger partial charge on any atom is 0.323 e. The zero-order chi connectivity index (χ0) is 11.4. The van der Waals surface area contributed by atoms with Crippen LogP contribution in [0.2, 0.25) is 0 Å². The molecule has 1 fully saturated rings. The molecular formula is C10H17NO4. The summed E-state index contributed by atoms with van der Waals surface area (Å²) >= 11 is 0. The third-order valence-corrected chi connectivity index (χ3v) is 2.84. The number of carboxylic acids is 1. The second-order valence-corrected chi connectivity index (χ2v) is 3.68. The SMILES string of the molecule is CCC(C(=O)O)N1CCCC1C(=O)OC. The number of carboxylic acid groups (broad SMARTS) is 1. The highest BCUT2D eigenvalue weighted by Gasteiger charge is 2.38. The van der Waals surface area contributed by atoms with Crippen LogP contribution in [-0.2, 0) is 14.3 Å². The van der Waals surface area contributed by atoms with Gasteiger partial charge < -0.3 is 9.84 Å². The van der Waals surface area contributed by atoms with E-state index in [0.29, 0.717) is 19.4 Å². The first-order chi connectivity index (χ1) is 7.11. The highest BCUT2D eigenvalue weighted by Crippen LogP contribution is 2.22. The molecule has 1 rings (SSSR count). The number of hydrogen-bond acceptors (Lipinski definition) is 4. The fraction of sp³-hybridized carbons (Fsp3) is 0.800. The van der Waals surface area contributed by atoms with Gasteiger partial charge in [0, 0.05) is 0 Å². The molecule has 0 aromatic heterocycles. The molecule has 0 aliphatic carbocycles. The minimum atomic E-state index is -0.867. The lowest BCUT2D eigenvalue weighted by atomic mass is 10.1. The van der Waals surface area contributed by atoms with Gasteiger partial charge in [-0.25, -0.2) is 0 Å². The summed E-state index contributed by atoms with van der Waals surface area (Å²) in [6, 6.07) is -0.951. The maximum atomic E-state index is 11.4. The number of nitrogens with zero attached hydrogens (tertiary/aromatic N) is 1. The van der Waals surface area contributed by atoms with E-state index in [1.165, 1.54) is 7.11 Å². The summed E-state index contributed by atoms with van der Waals surface area (Å²) in [6.45, 7) is 2.47. The Morgan fingerprint density at radius 3 is 2.73 bits per heavy atom. The van der Waals surface area contributed by atoms with E-state index in [1.54, 1.807) is 4.90 Å². The van der Waals surface area contributed by atoms with Gasteiger partial charge >= 0.3 is 11.9 Å². The summed E-state index contributed by atoms with van der Waals surface area (Å²) < 4.78 is 4.67. The molecule has 1 aliphatic heterocycles. The largest absolute Gasteiger partial charge is 0.480 e. The number of aliphatic carboxylic acids is 1. The standard InChI is InChI=1S/C10H17NO4/c1-3-7(9(12)13)11-6-4-5-8(11)10(14)15-2/h7-8H,3-6H2,1-2H3,(H,12,13). The molecule has 1 heterocycles. The summed E-state index contributed by atoms with van der Waals surface area (Å²) in [5.74, 6) is -1.19. The van der Waals surface area contributed by atoms with Gasteiger partial charge in [0.15, 0.2) is 0 Å². The number of methoxy groups -OCH3 is 1. The van der Waals surface area contributed by atoms with Crippen LogP contribution in [0.25, 0.3) is 0 Å². The first kappa shape index (κ1) is 12.0. The lowest BCUT2D eigenvalue weighted by Crippen LogP contribution is -2.47. The van der Waals surface area contributed by atoms with Crippen molar-refractivity contribution < 1.29 is 19.4 Å². The third kappa shape index (κ3) is 2.47. The highest BCUT2D eigenvalue weighted by molar-refractivity contribution is 5.79. The zero-order valence-corrected chi connectivity index (χ0v) is 9.10. The van der Waals surface area contributed by atoms with Crippen LogP contribution in [0.1, 0.15) is 26.2 Å². The lowest BCUT2D eigenvalue weighted by Gasteiger charge is -2.27. The molecule has 0 saturated carbocycles. The Morgan fingerprint density at radius 2 is 2.27 bits per heavy atom. The van der Waals surface area contributed by atoms with Crippen molar-refractivity contribution in [1.29, 1.82) is 0 Å². The zero-order valence-electron chi connectivity index (χ0n) is 9.10. The Labute approximate surface area is 89.0 Å². The van der Waals surface area contributed by atoms with Gasteiger partial charge in [-0.2, -0.15) is 0 Å². The van der Waals surface area contributed by atoms with Crippen LogP contribution in [0.15, 0.2) is 0 Å². The summed E-state index contributed by atoms with van der Waals surface area (Å²) in [5.41, 5.74) is 0. The molecule has 0 aromatic carbocycles. The normalized spacial score (nSPS) is 23.7. The first-order valence-electron chi connectivity index (χ1n) is 5.18. The molecule has 15 heavy (non-hydrogen) atoms. The second-order valence-electron chi connectivity index (χ2n) is 3.68. The van der Waals surface area contributed by atoms with Gasteiger partial charge in [0.25, 0.3) is 0 Å². The second kappa shape index (κ2) is 5.11. The van der Waals surface area contributed by atoms with Crippen LogP contribution in [0.5, 0.6) is 0 Å². The number of likely N-dealkylation sites (tertiary alicyclic amines) is 1. The topological polar surface area (TPSA) is 66.8 Å². The quantitative estimate of drug-likeness (QED) is 0.691. The van der Waals surface area contributed by atoms with E-state index in [2.05, 4.69) is 4.74 Å². The number of carbonyl (C=O) groups excluding carboxylic acids is 1. The minimum absolute atomic E-state index is 0.327. The monoisotopic (exact) mass is 215 g/mol. The van der Waals surface area contributed by atoms with Gasteiger partial charge in [-0.3, -0.25) is 14.5 Å². The van der Waals surface area contributed by atoms with Crippen LogP contribution in [-0.4, -0.2) is 47.7 Å². The lowest BCUT2D eigenvalue weighted by molar-refractivity contribution is -0.151. The molecule has 86 valence electrons. The van der Waals surface area contributed by atoms with Gasteiger partial charge in [-0.15, -0.1) is 0 Å². The van der Waals surface area contributed by atoms with Crippen molar-refractivity contribution in [2.45, 2.75) is 38.3 Å². The van der Waals surface area contributed by atoms with Crippen molar-refractivity contribution in [2.75, 3.05) is 13.7 Å². The van der Waals surface area contributed by atoms with Crippen LogP contribution < -0.4 is 0 Å². The van der Waals surface area contributed by atoms with Crippen LogP contribution in [0.3, 0.4) is 0 Å². The van der Waals surface area contributed by atoms with Gasteiger partial charge in [0.2, 0.25) is 0 Å². The van der Waals surface area contributed by atoms with E-state index in [0.717, 1.165) is 6.42 Å². The van der Waals surface area contributed by atoms with Gasteiger partial charge in [-0.1, -0.05) is 6.92 Å². The van der Waals surface area contributed by atoms with Crippen molar-refractivity contribution in [1.82, 2.24) is 4.90 Å². The first-order valence-corrected chi connectivity index (χ1v) is 5.18. The van der Waals surface area contributed by atoms with E-state index in [-0.39, 0.29) is 12.0 Å². The smallest absolute Gasteiger partial charge is 0.323 e. The van der Waals surface area contributed by atoms with Crippen LogP contribution in [0.4, 0.5) is 0 Å². The highest BCUT2D eigenvalue weighted by atomic mass is 16.5. The predicted octanol–water partition coefficient (Wildman–Crippen LogP) is 0.487. The van der Waals surface area contributed by atoms with E-state index in [9.17, 15) is 9.59 Å². The third-order valence-electron chi connectivity index (χ3n) is 2.84. The Kier molecular flexibility index (Phi) is 4.08. The van der Waals surface area contributed by atoms with Crippen molar-refractivity contribution in [3.05, 3.63) is 0 Å². The molecule has 2 atom stereocenters. The Balaban J connectivity index is 2.74. The van der Waals surface area contributed by atoms with E-state index >= 15 is 0 Å². The van der Waals surface area contributed by atoms with Crippen LogP contribution >= 0.6 is 0 Å². The fourth-order valence-electron chi connectivity index (χ4n) is 2.10. The molecular weight excluding hydrogens is 198 g/mol. The van der Waals surface area contributed by atoms with E-state index in [4.69, 9.17) is 5.11 Å². The fourth-order valence-corrected chi connectivity index (χ4v) is 2.10. The number of carbonyl (C=O) groups is 2. The van der Waals surface area contributed by atoms with Crippen molar-refractivity contribution in [2.24, 2.45) is 0 Å². The molecule has 0 aromatic rings. The van der Waals surface area contributed by atoms with Gasteiger partial charge in [0.1, 0.15) is 12.1 Å². The van der Waals surface area contributed by atoms with Crippen molar-refractivity contribution in [3.63, 3.8) is 0 Å². The molecule has 1 N–H and O–H groups in total. The Bertz CT molecular complexity index is 254. The molecule has 1 saturated heterocycles. The summed E-state index contributed by atoms with van der Waals surface area (Å²) in [4.78, 5) is 24.1. The summed E-state index contributed by atoms with van der Waals surface area (Å²) in [6.07, 6.45) is 2.04. The van der Waals surface area contributed by atoms with Crippen molar-refractivity contribution >= 4 is 11.9 Å². The Morgan fingerprint density at radius 1 is 1.60 bits per heavy atom. The number of esters is 1. The molecule has 5 nitrogen and oxygen atoms in total. The molecule has 0 amide bonds. The van der Waals surface area contributed by atoms with Crippen LogP contribution in [0, 0.1) is 0 Å². The molecule has 0 bridgehead atoms. The molecule has 5 heteroatoms. The molecule has 2 unspecified atom stereocenters. The van der Waals surface area contributed by atoms with Gasteiger partial charge in [0.05, 0.1) is 7.11 Å². The summed E-state index contributed by atoms with van der Waals surface area (Å²) in [7, 11) is 1.33. The maximum absolute atomic E-state index is 11.4. The Hall–Kier alpha value is -1.10. The average Bonchev–Trinajstić information content (AvgIpc) is 2.66. The molecule has 0 radical (unpaired) electrons. The number of hydrogen-bond donors (Lipinski definition) is 1. The van der Waals surface area contributed by atoms with Gasteiger partial charge in [-0.05, 0) is 25.8 Å². The predicted molar refractivity (Wildman–Crippen MR) is 53.5 cm³/mol. The van der Waals surface area contributed by atoms with Crippen molar-refractivity contribution in [3.8, 4) is 0 Å². The summed E-state index contributed by atoms with van der Waals surface area (Å²) in [5, 5.41) is 9.01. The molecule has 1 aliphatic rings. The average molecular weight is 215 g/mol. The van der Waals surface area contributed by atoms with E-state index < -0.39 is 12.0 Å².